The van der Waals surface area contributed by atoms with Gasteiger partial charge in [0.15, 0.2) is 0 Å². The van der Waals surface area contributed by atoms with E-state index in [0.29, 0.717) is 5.56 Å². The Morgan fingerprint density at radius 2 is 1.83 bits per heavy atom. The molecule has 0 fully saturated rings. The van der Waals surface area contributed by atoms with Crippen LogP contribution in [0.5, 0.6) is 0 Å². The molecule has 2 rings (SSSR count). The van der Waals surface area contributed by atoms with Gasteiger partial charge in [-0.05, 0) is 64.8 Å². The van der Waals surface area contributed by atoms with E-state index in [1.807, 2.05) is 18.2 Å². The zero-order valence-electron chi connectivity index (χ0n) is 10.4. The molecule has 2 aromatic carbocycles. The number of nitrogens with two attached hydrogens (primary N) is 1. The molecule has 18 heavy (non-hydrogen) atoms. The van der Waals surface area contributed by atoms with Gasteiger partial charge in [-0.1, -0.05) is 30.3 Å². The number of hydrogen-bond acceptors (Lipinski definition) is 1. The monoisotopic (exact) mass is 355 g/mol. The van der Waals surface area contributed by atoms with E-state index in [1.54, 1.807) is 13.0 Å². The van der Waals surface area contributed by atoms with E-state index < -0.39 is 0 Å². The van der Waals surface area contributed by atoms with Crippen LogP contribution in [0.3, 0.4) is 0 Å². The highest BCUT2D eigenvalue weighted by molar-refractivity contribution is 14.1. The van der Waals surface area contributed by atoms with E-state index in [9.17, 15) is 4.39 Å². The van der Waals surface area contributed by atoms with Gasteiger partial charge in [0.25, 0.3) is 0 Å². The van der Waals surface area contributed by atoms with E-state index in [1.165, 1.54) is 15.2 Å². The summed E-state index contributed by atoms with van der Waals surface area (Å²) in [5.41, 5.74) is 10.1. The Morgan fingerprint density at radius 3 is 2.50 bits per heavy atom. The van der Waals surface area contributed by atoms with Crippen LogP contribution < -0.4 is 5.73 Å². The van der Waals surface area contributed by atoms with Crippen molar-refractivity contribution in [3.8, 4) is 0 Å². The van der Waals surface area contributed by atoms with Gasteiger partial charge in [0.05, 0.1) is 6.04 Å². The molecule has 0 aliphatic carbocycles. The van der Waals surface area contributed by atoms with Crippen molar-refractivity contribution in [1.82, 2.24) is 0 Å². The zero-order valence-corrected chi connectivity index (χ0v) is 12.5. The minimum absolute atomic E-state index is 0.190. The molecule has 2 N–H and O–H groups in total. The van der Waals surface area contributed by atoms with Gasteiger partial charge in [0, 0.05) is 3.57 Å². The number of hydrogen-bond donors (Lipinski definition) is 1. The largest absolute Gasteiger partial charge is 0.320 e. The van der Waals surface area contributed by atoms with E-state index >= 15 is 0 Å². The molecule has 1 unspecified atom stereocenters. The molecular weight excluding hydrogens is 340 g/mol. The summed E-state index contributed by atoms with van der Waals surface area (Å²) in [6.45, 7) is 3.82. The molecule has 0 spiro atoms. The van der Waals surface area contributed by atoms with Crippen LogP contribution in [-0.2, 0) is 0 Å². The van der Waals surface area contributed by atoms with Crippen molar-refractivity contribution in [2.45, 2.75) is 19.9 Å². The van der Waals surface area contributed by atoms with Crippen molar-refractivity contribution in [1.29, 1.82) is 0 Å². The van der Waals surface area contributed by atoms with Crippen LogP contribution >= 0.6 is 22.6 Å². The lowest BCUT2D eigenvalue weighted by Gasteiger charge is -2.16. The van der Waals surface area contributed by atoms with Crippen LogP contribution in [-0.4, -0.2) is 0 Å². The van der Waals surface area contributed by atoms with Gasteiger partial charge >= 0.3 is 0 Å². The van der Waals surface area contributed by atoms with Gasteiger partial charge < -0.3 is 5.73 Å². The van der Waals surface area contributed by atoms with Gasteiger partial charge in [-0.25, -0.2) is 4.39 Å². The first-order valence-corrected chi connectivity index (χ1v) is 6.85. The Kier molecular flexibility index (Phi) is 4.02. The molecule has 0 aromatic heterocycles. The normalized spacial score (nSPS) is 12.5. The molecule has 1 atom stereocenters. The lowest BCUT2D eigenvalue weighted by Crippen LogP contribution is -2.14. The number of halogens is 2. The maximum absolute atomic E-state index is 13.3. The van der Waals surface area contributed by atoms with Crippen molar-refractivity contribution in [2.75, 3.05) is 0 Å². The Labute approximate surface area is 120 Å². The lowest BCUT2D eigenvalue weighted by atomic mass is 9.97. The average molecular weight is 355 g/mol. The number of aryl methyl sites for hydroxylation is 2. The summed E-state index contributed by atoms with van der Waals surface area (Å²) in [7, 11) is 0. The second kappa shape index (κ2) is 5.36. The molecule has 0 bridgehead atoms. The molecule has 0 saturated heterocycles. The molecule has 0 saturated carbocycles. The molecule has 0 aliphatic rings. The second-order valence-corrected chi connectivity index (χ2v) is 5.54. The summed E-state index contributed by atoms with van der Waals surface area (Å²) < 4.78 is 14.4. The fraction of sp³-hybridized carbons (Fsp3) is 0.200. The molecular formula is C15H15FIN. The van der Waals surface area contributed by atoms with Crippen LogP contribution in [0.25, 0.3) is 0 Å². The minimum Gasteiger partial charge on any atom is -0.320 e. The first kappa shape index (κ1) is 13.5. The smallest absolute Gasteiger partial charge is 0.126 e. The van der Waals surface area contributed by atoms with Gasteiger partial charge in [-0.3, -0.25) is 0 Å². The number of rotatable bonds is 2. The molecule has 0 aliphatic heterocycles. The zero-order chi connectivity index (χ0) is 13.3. The minimum atomic E-state index is -0.212. The third kappa shape index (κ3) is 2.57. The lowest BCUT2D eigenvalue weighted by molar-refractivity contribution is 0.617. The SMILES string of the molecule is Cc1cc(C(N)c2cccc(C)c2I)ccc1F. The Morgan fingerprint density at radius 1 is 1.11 bits per heavy atom. The van der Waals surface area contributed by atoms with Gasteiger partial charge in [-0.15, -0.1) is 0 Å². The first-order chi connectivity index (χ1) is 8.50. The quantitative estimate of drug-likeness (QED) is 0.807. The van der Waals surface area contributed by atoms with Gasteiger partial charge in [-0.2, -0.15) is 0 Å². The summed E-state index contributed by atoms with van der Waals surface area (Å²) in [5, 5.41) is 0. The van der Waals surface area contributed by atoms with Crippen LogP contribution in [0.1, 0.15) is 28.3 Å². The van der Waals surface area contributed by atoms with Crippen LogP contribution in [0.2, 0.25) is 0 Å². The van der Waals surface area contributed by atoms with Gasteiger partial charge in [0.1, 0.15) is 5.82 Å². The third-order valence-corrected chi connectivity index (χ3v) is 4.57. The maximum atomic E-state index is 13.3. The first-order valence-electron chi connectivity index (χ1n) is 5.77. The van der Waals surface area contributed by atoms with Gasteiger partial charge in [0.2, 0.25) is 0 Å². The fourth-order valence-electron chi connectivity index (χ4n) is 1.95. The maximum Gasteiger partial charge on any atom is 0.126 e. The third-order valence-electron chi connectivity index (χ3n) is 3.10. The van der Waals surface area contributed by atoms with E-state index in [2.05, 4.69) is 35.6 Å². The number of benzene rings is 2. The van der Waals surface area contributed by atoms with Crippen LogP contribution in [0.15, 0.2) is 36.4 Å². The van der Waals surface area contributed by atoms with Crippen molar-refractivity contribution < 1.29 is 4.39 Å². The standard InChI is InChI=1S/C15H15FIN/c1-9-4-3-5-12(14(9)17)15(18)11-6-7-13(16)10(2)8-11/h3-8,15H,18H2,1-2H3. The van der Waals surface area contributed by atoms with Crippen molar-refractivity contribution in [3.05, 3.63) is 68.0 Å². The Hall–Kier alpha value is -0.940. The molecule has 2 aromatic rings. The average Bonchev–Trinajstić information content (AvgIpc) is 2.35. The van der Waals surface area contributed by atoms with E-state index in [-0.39, 0.29) is 11.9 Å². The Bertz CT molecular complexity index is 581. The summed E-state index contributed by atoms with van der Waals surface area (Å²) in [6.07, 6.45) is 0. The molecule has 0 radical (unpaired) electrons. The van der Waals surface area contributed by atoms with Crippen LogP contribution in [0, 0.1) is 23.2 Å². The molecule has 94 valence electrons. The highest BCUT2D eigenvalue weighted by atomic mass is 127. The topological polar surface area (TPSA) is 26.0 Å². The van der Waals surface area contributed by atoms with Crippen molar-refractivity contribution in [3.63, 3.8) is 0 Å². The van der Waals surface area contributed by atoms with Crippen molar-refractivity contribution in [2.24, 2.45) is 5.73 Å². The Balaban J connectivity index is 2.44. The molecule has 3 heteroatoms. The van der Waals surface area contributed by atoms with Crippen molar-refractivity contribution >= 4 is 22.6 Å². The summed E-state index contributed by atoms with van der Waals surface area (Å²) in [4.78, 5) is 0. The highest BCUT2D eigenvalue weighted by Crippen LogP contribution is 2.27. The highest BCUT2D eigenvalue weighted by Gasteiger charge is 2.14. The second-order valence-electron chi connectivity index (χ2n) is 4.46. The van der Waals surface area contributed by atoms with Crippen LogP contribution in [0.4, 0.5) is 4.39 Å². The summed E-state index contributed by atoms with van der Waals surface area (Å²) in [6, 6.07) is 10.9. The summed E-state index contributed by atoms with van der Waals surface area (Å²) >= 11 is 2.31. The molecule has 0 heterocycles. The molecule has 0 amide bonds. The predicted octanol–water partition coefficient (Wildman–Crippen LogP) is 4.10. The van der Waals surface area contributed by atoms with E-state index in [4.69, 9.17) is 5.73 Å². The summed E-state index contributed by atoms with van der Waals surface area (Å²) in [5.74, 6) is -0.190. The molecule has 1 nitrogen and oxygen atoms in total. The van der Waals surface area contributed by atoms with E-state index in [0.717, 1.165) is 11.1 Å². The predicted molar refractivity (Wildman–Crippen MR) is 81.1 cm³/mol. The fourth-order valence-corrected chi connectivity index (χ4v) is 2.65.